The Bertz CT molecular complexity index is 656. The lowest BCUT2D eigenvalue weighted by atomic mass is 10.2. The van der Waals surface area contributed by atoms with Crippen molar-refractivity contribution in [1.29, 1.82) is 0 Å². The SMILES string of the molecule is C=CCc1cnc(CNC(=O)C(=C)C)n1-c1ccccc1. The van der Waals surface area contributed by atoms with Crippen molar-refractivity contribution >= 4 is 5.91 Å². The third-order valence-electron chi connectivity index (χ3n) is 3.07. The third-order valence-corrected chi connectivity index (χ3v) is 3.07. The van der Waals surface area contributed by atoms with E-state index < -0.39 is 0 Å². The van der Waals surface area contributed by atoms with E-state index in [9.17, 15) is 4.79 Å². The number of rotatable bonds is 6. The standard InChI is InChI=1S/C17H19N3O/c1-4-8-15-11-18-16(12-19-17(21)13(2)3)20(15)14-9-6-5-7-10-14/h4-7,9-11H,1-2,8,12H2,3H3,(H,19,21). The summed E-state index contributed by atoms with van der Waals surface area (Å²) in [7, 11) is 0. The Labute approximate surface area is 124 Å². The Morgan fingerprint density at radius 2 is 2.10 bits per heavy atom. The van der Waals surface area contributed by atoms with Crippen LogP contribution in [0.25, 0.3) is 5.69 Å². The minimum absolute atomic E-state index is 0.164. The number of nitrogens with one attached hydrogen (secondary N) is 1. The first-order chi connectivity index (χ1) is 10.1. The molecule has 0 aliphatic heterocycles. The average molecular weight is 281 g/mol. The van der Waals surface area contributed by atoms with Crippen LogP contribution in [-0.2, 0) is 17.8 Å². The molecule has 0 unspecified atom stereocenters. The van der Waals surface area contributed by atoms with Crippen LogP contribution >= 0.6 is 0 Å². The Balaban J connectivity index is 2.31. The van der Waals surface area contributed by atoms with Gasteiger partial charge in [-0.15, -0.1) is 6.58 Å². The molecule has 0 aliphatic rings. The van der Waals surface area contributed by atoms with Crippen LogP contribution in [-0.4, -0.2) is 15.5 Å². The average Bonchev–Trinajstić information content (AvgIpc) is 2.88. The molecule has 1 amide bonds. The third kappa shape index (κ3) is 3.48. The molecule has 2 aromatic rings. The minimum atomic E-state index is -0.164. The van der Waals surface area contributed by atoms with Crippen molar-refractivity contribution in [2.24, 2.45) is 0 Å². The van der Waals surface area contributed by atoms with Gasteiger partial charge < -0.3 is 5.32 Å². The van der Waals surface area contributed by atoms with E-state index in [-0.39, 0.29) is 5.91 Å². The van der Waals surface area contributed by atoms with Crippen LogP contribution in [0, 0.1) is 0 Å². The lowest BCUT2D eigenvalue weighted by Gasteiger charge is -2.12. The molecule has 0 fully saturated rings. The summed E-state index contributed by atoms with van der Waals surface area (Å²) < 4.78 is 2.04. The van der Waals surface area contributed by atoms with Crippen LogP contribution in [0.4, 0.5) is 0 Å². The second kappa shape index (κ2) is 6.70. The minimum Gasteiger partial charge on any atom is -0.345 e. The highest BCUT2D eigenvalue weighted by atomic mass is 16.1. The Morgan fingerprint density at radius 3 is 2.71 bits per heavy atom. The largest absolute Gasteiger partial charge is 0.345 e. The summed E-state index contributed by atoms with van der Waals surface area (Å²) in [6, 6.07) is 9.94. The van der Waals surface area contributed by atoms with Gasteiger partial charge in [0.2, 0.25) is 5.91 Å². The fraction of sp³-hybridized carbons (Fsp3) is 0.176. The Morgan fingerprint density at radius 1 is 1.38 bits per heavy atom. The summed E-state index contributed by atoms with van der Waals surface area (Å²) in [5.74, 6) is 0.621. The van der Waals surface area contributed by atoms with Crippen LogP contribution in [0.5, 0.6) is 0 Å². The van der Waals surface area contributed by atoms with E-state index >= 15 is 0 Å². The first-order valence-corrected chi connectivity index (χ1v) is 6.79. The first-order valence-electron chi connectivity index (χ1n) is 6.79. The highest BCUT2D eigenvalue weighted by molar-refractivity contribution is 5.91. The van der Waals surface area contributed by atoms with Gasteiger partial charge in [0.1, 0.15) is 5.82 Å². The predicted molar refractivity (Wildman–Crippen MR) is 84.1 cm³/mol. The Hall–Kier alpha value is -2.62. The molecule has 1 aromatic carbocycles. The number of benzene rings is 1. The zero-order valence-corrected chi connectivity index (χ0v) is 12.2. The summed E-state index contributed by atoms with van der Waals surface area (Å²) in [6.07, 6.45) is 4.37. The first kappa shape index (κ1) is 14.8. The van der Waals surface area contributed by atoms with E-state index in [4.69, 9.17) is 0 Å². The van der Waals surface area contributed by atoms with Crippen LogP contribution in [0.2, 0.25) is 0 Å². The molecule has 1 aromatic heterocycles. The number of aromatic nitrogens is 2. The second-order valence-electron chi connectivity index (χ2n) is 4.79. The fourth-order valence-electron chi connectivity index (χ4n) is 2.05. The number of hydrogen-bond acceptors (Lipinski definition) is 2. The van der Waals surface area contributed by atoms with E-state index in [2.05, 4.69) is 23.5 Å². The number of hydrogen-bond donors (Lipinski definition) is 1. The van der Waals surface area contributed by atoms with E-state index in [0.29, 0.717) is 12.1 Å². The smallest absolute Gasteiger partial charge is 0.246 e. The van der Waals surface area contributed by atoms with Gasteiger partial charge in [-0.2, -0.15) is 0 Å². The molecule has 1 heterocycles. The maximum atomic E-state index is 11.6. The highest BCUT2D eigenvalue weighted by Crippen LogP contribution is 2.15. The summed E-state index contributed by atoms with van der Waals surface area (Å²) in [4.78, 5) is 16.0. The molecular formula is C17H19N3O. The van der Waals surface area contributed by atoms with Crippen molar-refractivity contribution in [3.05, 3.63) is 72.9 Å². The molecule has 1 N–H and O–H groups in total. The van der Waals surface area contributed by atoms with Gasteiger partial charge in [0, 0.05) is 29.6 Å². The fourth-order valence-corrected chi connectivity index (χ4v) is 2.05. The molecule has 21 heavy (non-hydrogen) atoms. The molecule has 0 spiro atoms. The van der Waals surface area contributed by atoms with Gasteiger partial charge in [-0.3, -0.25) is 9.36 Å². The molecule has 0 atom stereocenters. The number of allylic oxidation sites excluding steroid dienone is 1. The van der Waals surface area contributed by atoms with Gasteiger partial charge in [0.05, 0.1) is 6.54 Å². The van der Waals surface area contributed by atoms with E-state index in [1.165, 1.54) is 0 Å². The highest BCUT2D eigenvalue weighted by Gasteiger charge is 2.12. The molecule has 0 radical (unpaired) electrons. The van der Waals surface area contributed by atoms with Gasteiger partial charge in [0.15, 0.2) is 0 Å². The molecule has 4 nitrogen and oxygen atoms in total. The Kier molecular flexibility index (Phi) is 4.72. The zero-order valence-electron chi connectivity index (χ0n) is 12.2. The molecular weight excluding hydrogens is 262 g/mol. The van der Waals surface area contributed by atoms with Crippen molar-refractivity contribution < 1.29 is 4.79 Å². The van der Waals surface area contributed by atoms with E-state index in [0.717, 1.165) is 23.6 Å². The van der Waals surface area contributed by atoms with Gasteiger partial charge >= 0.3 is 0 Å². The van der Waals surface area contributed by atoms with Crippen molar-refractivity contribution in [1.82, 2.24) is 14.9 Å². The number of nitrogens with zero attached hydrogens (tertiary/aromatic N) is 2. The maximum Gasteiger partial charge on any atom is 0.246 e. The quantitative estimate of drug-likeness (QED) is 0.654. The molecule has 0 bridgehead atoms. The molecule has 0 aliphatic carbocycles. The number of carbonyl (C=O) groups excluding carboxylic acids is 1. The molecule has 0 saturated carbocycles. The van der Waals surface area contributed by atoms with Crippen LogP contribution in [0.1, 0.15) is 18.4 Å². The molecule has 0 saturated heterocycles. The lowest BCUT2D eigenvalue weighted by Crippen LogP contribution is -2.25. The van der Waals surface area contributed by atoms with Gasteiger partial charge in [-0.1, -0.05) is 30.9 Å². The zero-order chi connectivity index (χ0) is 15.2. The normalized spacial score (nSPS) is 10.1. The van der Waals surface area contributed by atoms with Crippen molar-refractivity contribution in [3.8, 4) is 5.69 Å². The molecule has 2 rings (SSSR count). The van der Waals surface area contributed by atoms with Crippen LogP contribution in [0.15, 0.2) is 61.3 Å². The van der Waals surface area contributed by atoms with Crippen molar-refractivity contribution in [3.63, 3.8) is 0 Å². The van der Waals surface area contributed by atoms with Gasteiger partial charge in [0.25, 0.3) is 0 Å². The van der Waals surface area contributed by atoms with Gasteiger partial charge in [-0.05, 0) is 19.1 Å². The second-order valence-corrected chi connectivity index (χ2v) is 4.79. The van der Waals surface area contributed by atoms with Crippen molar-refractivity contribution in [2.75, 3.05) is 0 Å². The van der Waals surface area contributed by atoms with Gasteiger partial charge in [-0.25, -0.2) is 4.98 Å². The predicted octanol–water partition coefficient (Wildman–Crippen LogP) is 2.79. The molecule has 108 valence electrons. The van der Waals surface area contributed by atoms with Crippen LogP contribution < -0.4 is 5.32 Å². The van der Waals surface area contributed by atoms with E-state index in [1.54, 1.807) is 6.92 Å². The number of amides is 1. The number of imidazole rings is 1. The number of carbonyl (C=O) groups is 1. The lowest BCUT2D eigenvalue weighted by molar-refractivity contribution is -0.117. The summed E-state index contributed by atoms with van der Waals surface area (Å²) >= 11 is 0. The number of para-hydroxylation sites is 1. The maximum absolute atomic E-state index is 11.6. The summed E-state index contributed by atoms with van der Waals surface area (Å²) in [5, 5.41) is 2.82. The van der Waals surface area contributed by atoms with E-state index in [1.807, 2.05) is 47.2 Å². The topological polar surface area (TPSA) is 46.9 Å². The summed E-state index contributed by atoms with van der Waals surface area (Å²) in [6.45, 7) is 9.45. The van der Waals surface area contributed by atoms with Crippen molar-refractivity contribution in [2.45, 2.75) is 19.9 Å². The monoisotopic (exact) mass is 281 g/mol. The summed E-state index contributed by atoms with van der Waals surface area (Å²) in [5.41, 5.74) is 2.54. The molecule has 4 heteroatoms. The van der Waals surface area contributed by atoms with Crippen LogP contribution in [0.3, 0.4) is 0 Å².